The number of nitrogens with zero attached hydrogens (tertiary/aromatic N) is 2. The topological polar surface area (TPSA) is 87.3 Å². The molecule has 0 bridgehead atoms. The molecule has 1 aliphatic heterocycles. The molecule has 1 aromatic heterocycles. The Kier molecular flexibility index (Phi) is 5.15. The molecule has 1 aliphatic rings. The van der Waals surface area contributed by atoms with Gasteiger partial charge in [-0.15, -0.1) is 0 Å². The third-order valence-corrected chi connectivity index (χ3v) is 4.54. The Balaban J connectivity index is 1.69. The fraction of sp³-hybridized carbons (Fsp3) is 0.500. The van der Waals surface area contributed by atoms with E-state index in [4.69, 9.17) is 4.74 Å². The molecule has 0 saturated carbocycles. The lowest BCUT2D eigenvalue weighted by atomic mass is 10.1. The second-order valence-electron chi connectivity index (χ2n) is 6.72. The summed E-state index contributed by atoms with van der Waals surface area (Å²) < 4.78 is 5.75. The van der Waals surface area contributed by atoms with Crippen molar-refractivity contribution < 1.29 is 9.53 Å². The van der Waals surface area contributed by atoms with E-state index in [2.05, 4.69) is 41.2 Å². The number of nitrogens with one attached hydrogen (secondary N) is 2. The summed E-state index contributed by atoms with van der Waals surface area (Å²) in [7, 11) is 0. The number of aromatic nitrogens is 2. The first kappa shape index (κ1) is 17.6. The smallest absolute Gasteiger partial charge is 0.272 e. The molecule has 1 aromatic carbocycles. The number of benzene rings is 1. The van der Waals surface area contributed by atoms with Gasteiger partial charge in [-0.3, -0.25) is 14.5 Å². The summed E-state index contributed by atoms with van der Waals surface area (Å²) in [6.07, 6.45) is 0.374. The molecule has 1 saturated heterocycles. The first-order chi connectivity index (χ1) is 12.0. The molecule has 0 unspecified atom stereocenters. The molecule has 7 nitrogen and oxygen atoms in total. The highest BCUT2D eigenvalue weighted by Crippen LogP contribution is 2.14. The van der Waals surface area contributed by atoms with Crippen molar-refractivity contribution in [3.8, 4) is 0 Å². The molecule has 3 atom stereocenters. The lowest BCUT2D eigenvalue weighted by Gasteiger charge is -2.38. The van der Waals surface area contributed by atoms with Crippen LogP contribution in [0.5, 0.6) is 0 Å². The van der Waals surface area contributed by atoms with Crippen molar-refractivity contribution in [2.75, 3.05) is 19.6 Å². The number of hydrogen-bond donors (Lipinski definition) is 2. The fourth-order valence-electron chi connectivity index (χ4n) is 3.32. The Morgan fingerprint density at radius 1 is 1.32 bits per heavy atom. The molecule has 2 aromatic rings. The average Bonchev–Trinajstić information content (AvgIpc) is 2.59. The fourth-order valence-corrected chi connectivity index (χ4v) is 3.32. The van der Waals surface area contributed by atoms with Gasteiger partial charge in [0.05, 0.1) is 17.6 Å². The van der Waals surface area contributed by atoms with Crippen LogP contribution in [0.2, 0.25) is 0 Å². The highest BCUT2D eigenvalue weighted by molar-refractivity contribution is 6.04. The second kappa shape index (κ2) is 7.33. The first-order valence-corrected chi connectivity index (χ1v) is 8.61. The van der Waals surface area contributed by atoms with Gasteiger partial charge in [-0.25, -0.2) is 5.10 Å². The van der Waals surface area contributed by atoms with Crippen molar-refractivity contribution in [3.63, 3.8) is 0 Å². The Morgan fingerprint density at radius 3 is 2.64 bits per heavy atom. The normalized spacial score (nSPS) is 22.7. The van der Waals surface area contributed by atoms with Gasteiger partial charge in [0, 0.05) is 31.1 Å². The van der Waals surface area contributed by atoms with Gasteiger partial charge in [-0.05, 0) is 26.8 Å². The Morgan fingerprint density at radius 2 is 1.96 bits per heavy atom. The SMILES string of the molecule is C[C@@H]1CN([C@H](C)CNC(=O)c2n[nH]c(=O)c3ccccc23)C[C@@H](C)O1. The minimum atomic E-state index is -0.295. The molecule has 134 valence electrons. The molecule has 25 heavy (non-hydrogen) atoms. The summed E-state index contributed by atoms with van der Waals surface area (Å²) in [5.41, 5.74) is -0.0528. The number of carbonyl (C=O) groups is 1. The molecule has 0 radical (unpaired) electrons. The van der Waals surface area contributed by atoms with Crippen LogP contribution < -0.4 is 10.9 Å². The van der Waals surface area contributed by atoms with Crippen LogP contribution in [0.4, 0.5) is 0 Å². The highest BCUT2D eigenvalue weighted by atomic mass is 16.5. The first-order valence-electron chi connectivity index (χ1n) is 8.61. The summed E-state index contributed by atoms with van der Waals surface area (Å²) in [4.78, 5) is 26.7. The molecule has 0 aliphatic carbocycles. The lowest BCUT2D eigenvalue weighted by molar-refractivity contribution is -0.0778. The number of ether oxygens (including phenoxy) is 1. The van der Waals surface area contributed by atoms with Crippen molar-refractivity contribution in [1.29, 1.82) is 0 Å². The molecule has 1 amide bonds. The Bertz CT molecular complexity index is 809. The summed E-state index contributed by atoms with van der Waals surface area (Å²) >= 11 is 0. The minimum absolute atomic E-state index is 0.187. The zero-order valence-corrected chi connectivity index (χ0v) is 14.8. The number of morpholine rings is 1. The Hall–Kier alpha value is -2.25. The molecule has 1 fully saturated rings. The van der Waals surface area contributed by atoms with Gasteiger partial charge >= 0.3 is 0 Å². The molecular formula is C18H24N4O3. The van der Waals surface area contributed by atoms with Crippen molar-refractivity contribution in [1.82, 2.24) is 20.4 Å². The van der Waals surface area contributed by atoms with Crippen LogP contribution in [-0.2, 0) is 4.74 Å². The molecular weight excluding hydrogens is 320 g/mol. The van der Waals surface area contributed by atoms with Gasteiger partial charge in [0.2, 0.25) is 0 Å². The molecule has 3 rings (SSSR count). The van der Waals surface area contributed by atoms with Gasteiger partial charge in [-0.1, -0.05) is 18.2 Å². The minimum Gasteiger partial charge on any atom is -0.373 e. The zero-order valence-electron chi connectivity index (χ0n) is 14.8. The van der Waals surface area contributed by atoms with Crippen molar-refractivity contribution in [2.45, 2.75) is 39.0 Å². The van der Waals surface area contributed by atoms with E-state index in [1.165, 1.54) is 0 Å². The molecule has 2 heterocycles. The summed E-state index contributed by atoms with van der Waals surface area (Å²) in [6.45, 7) is 8.41. The number of fused-ring (bicyclic) bond motifs is 1. The van der Waals surface area contributed by atoms with Crippen molar-refractivity contribution >= 4 is 16.7 Å². The van der Waals surface area contributed by atoms with Gasteiger partial charge in [0.1, 0.15) is 0 Å². The van der Waals surface area contributed by atoms with E-state index in [9.17, 15) is 9.59 Å². The average molecular weight is 344 g/mol. The van der Waals surface area contributed by atoms with E-state index >= 15 is 0 Å². The Labute approximate surface area is 146 Å². The van der Waals surface area contributed by atoms with Crippen LogP contribution in [0.3, 0.4) is 0 Å². The van der Waals surface area contributed by atoms with Crippen LogP contribution >= 0.6 is 0 Å². The van der Waals surface area contributed by atoms with Crippen molar-refractivity contribution in [3.05, 3.63) is 40.3 Å². The maximum Gasteiger partial charge on any atom is 0.272 e. The number of aromatic amines is 1. The van der Waals surface area contributed by atoms with Gasteiger partial charge in [-0.2, -0.15) is 5.10 Å². The summed E-state index contributed by atoms with van der Waals surface area (Å²) in [6, 6.07) is 7.17. The summed E-state index contributed by atoms with van der Waals surface area (Å²) in [5.74, 6) is -0.284. The monoisotopic (exact) mass is 344 g/mol. The van der Waals surface area contributed by atoms with Crippen LogP contribution in [0, 0.1) is 0 Å². The number of rotatable bonds is 4. The predicted molar refractivity (Wildman–Crippen MR) is 95.7 cm³/mol. The maximum absolute atomic E-state index is 12.5. The molecule has 7 heteroatoms. The van der Waals surface area contributed by atoms with E-state index in [0.29, 0.717) is 17.3 Å². The zero-order chi connectivity index (χ0) is 18.0. The van der Waals surface area contributed by atoms with E-state index in [1.807, 2.05) is 0 Å². The van der Waals surface area contributed by atoms with Crippen LogP contribution in [0.25, 0.3) is 10.8 Å². The second-order valence-corrected chi connectivity index (χ2v) is 6.72. The van der Waals surface area contributed by atoms with Gasteiger partial charge in [0.25, 0.3) is 11.5 Å². The molecule has 0 spiro atoms. The third-order valence-electron chi connectivity index (χ3n) is 4.54. The highest BCUT2D eigenvalue weighted by Gasteiger charge is 2.26. The van der Waals surface area contributed by atoms with Gasteiger partial charge < -0.3 is 10.1 Å². The van der Waals surface area contributed by atoms with Crippen LogP contribution in [0.1, 0.15) is 31.3 Å². The maximum atomic E-state index is 12.5. The van der Waals surface area contributed by atoms with Crippen LogP contribution in [0.15, 0.2) is 29.1 Å². The largest absolute Gasteiger partial charge is 0.373 e. The number of carbonyl (C=O) groups excluding carboxylic acids is 1. The van der Waals surface area contributed by atoms with E-state index in [-0.39, 0.29) is 35.4 Å². The van der Waals surface area contributed by atoms with E-state index < -0.39 is 0 Å². The standard InChI is InChI=1S/C18H24N4O3/c1-11(22-9-12(2)25-13(3)10-22)8-19-18(24)16-14-6-4-5-7-15(14)17(23)21-20-16/h4-7,11-13H,8-10H2,1-3H3,(H,19,24)(H,21,23)/t11-,12-,13-/m1/s1. The lowest BCUT2D eigenvalue weighted by Crippen LogP contribution is -2.52. The quantitative estimate of drug-likeness (QED) is 0.869. The predicted octanol–water partition coefficient (Wildman–Crippen LogP) is 1.15. The number of H-pyrrole nitrogens is 1. The third kappa shape index (κ3) is 3.88. The molecule has 2 N–H and O–H groups in total. The van der Waals surface area contributed by atoms with Gasteiger partial charge in [0.15, 0.2) is 5.69 Å². The number of amides is 1. The number of hydrogen-bond acceptors (Lipinski definition) is 5. The van der Waals surface area contributed by atoms with Crippen molar-refractivity contribution in [2.24, 2.45) is 0 Å². The van der Waals surface area contributed by atoms with E-state index in [0.717, 1.165) is 13.1 Å². The summed E-state index contributed by atoms with van der Waals surface area (Å²) in [5, 5.41) is 10.3. The van der Waals surface area contributed by atoms with Crippen LogP contribution in [-0.4, -0.2) is 58.9 Å². The van der Waals surface area contributed by atoms with E-state index in [1.54, 1.807) is 24.3 Å².